The molecule has 0 aliphatic rings. The number of benzene rings is 2. The van der Waals surface area contributed by atoms with Gasteiger partial charge in [0.1, 0.15) is 0 Å². The molecule has 1 amide bonds. The van der Waals surface area contributed by atoms with Crippen LogP contribution in [0.1, 0.15) is 42.3 Å². The highest BCUT2D eigenvalue weighted by molar-refractivity contribution is 5.95. The molecule has 0 fully saturated rings. The zero-order chi connectivity index (χ0) is 18.4. The molecule has 5 heteroatoms. The van der Waals surface area contributed by atoms with E-state index in [1.165, 1.54) is 5.56 Å². The number of hydrogen-bond donors (Lipinski definition) is 1. The summed E-state index contributed by atoms with van der Waals surface area (Å²) in [4.78, 5) is 12.1. The highest BCUT2D eigenvalue weighted by Gasteiger charge is 2.14. The van der Waals surface area contributed by atoms with Gasteiger partial charge in [-0.1, -0.05) is 32.9 Å². The van der Waals surface area contributed by atoms with E-state index in [2.05, 4.69) is 31.3 Å². The molecule has 0 atom stereocenters. The molecule has 0 spiro atoms. The molecule has 5 nitrogen and oxygen atoms in total. The van der Waals surface area contributed by atoms with Gasteiger partial charge in [-0.25, -0.2) is 5.43 Å². The summed E-state index contributed by atoms with van der Waals surface area (Å²) in [5.41, 5.74) is 5.12. The molecule has 0 bridgehead atoms. The lowest BCUT2D eigenvalue weighted by Crippen LogP contribution is -2.18. The van der Waals surface area contributed by atoms with Crippen molar-refractivity contribution >= 4 is 12.1 Å². The van der Waals surface area contributed by atoms with Gasteiger partial charge in [-0.3, -0.25) is 4.79 Å². The van der Waals surface area contributed by atoms with Gasteiger partial charge in [-0.15, -0.1) is 0 Å². The molecule has 2 rings (SSSR count). The minimum absolute atomic E-state index is 0.0561. The number of amides is 1. The molecule has 0 unspecified atom stereocenters. The van der Waals surface area contributed by atoms with E-state index in [9.17, 15) is 4.79 Å². The molecule has 0 radical (unpaired) electrons. The molecule has 25 heavy (non-hydrogen) atoms. The molecule has 1 N–H and O–H groups in total. The summed E-state index contributed by atoms with van der Waals surface area (Å²) in [6.07, 6.45) is 1.56. The number of nitrogens with one attached hydrogen (secondary N) is 1. The smallest absolute Gasteiger partial charge is 0.271 e. The third kappa shape index (κ3) is 4.83. The first-order valence-corrected chi connectivity index (χ1v) is 8.01. The lowest BCUT2D eigenvalue weighted by Gasteiger charge is -2.18. The fourth-order valence-corrected chi connectivity index (χ4v) is 2.28. The van der Waals surface area contributed by atoms with E-state index < -0.39 is 0 Å². The first kappa shape index (κ1) is 18.5. The van der Waals surface area contributed by atoms with E-state index >= 15 is 0 Å². The summed E-state index contributed by atoms with van der Waals surface area (Å²) in [6.45, 7) is 6.40. The molecule has 2 aromatic carbocycles. The average molecular weight is 340 g/mol. The van der Waals surface area contributed by atoms with Gasteiger partial charge in [0.05, 0.1) is 20.4 Å². The number of ether oxygens (including phenoxy) is 2. The minimum Gasteiger partial charge on any atom is -0.493 e. The van der Waals surface area contributed by atoms with Crippen molar-refractivity contribution in [2.45, 2.75) is 26.2 Å². The average Bonchev–Trinajstić information content (AvgIpc) is 2.60. The Morgan fingerprint density at radius 2 is 1.64 bits per heavy atom. The van der Waals surface area contributed by atoms with Crippen LogP contribution >= 0.6 is 0 Å². The number of hydrogen-bond acceptors (Lipinski definition) is 4. The number of methoxy groups -OCH3 is 2. The number of rotatable bonds is 5. The van der Waals surface area contributed by atoms with Crippen LogP contribution in [0.25, 0.3) is 0 Å². The van der Waals surface area contributed by atoms with Crippen molar-refractivity contribution in [3.63, 3.8) is 0 Å². The Morgan fingerprint density at radius 1 is 1.00 bits per heavy atom. The molecular formula is C20H24N2O3. The summed E-state index contributed by atoms with van der Waals surface area (Å²) in [7, 11) is 3.15. The summed E-state index contributed by atoms with van der Waals surface area (Å²) >= 11 is 0. The predicted octanol–water partition coefficient (Wildman–Crippen LogP) is 3.77. The van der Waals surface area contributed by atoms with Crippen molar-refractivity contribution in [3.8, 4) is 11.5 Å². The summed E-state index contributed by atoms with van der Waals surface area (Å²) in [6, 6.07) is 12.9. The number of nitrogens with zero attached hydrogens (tertiary/aromatic N) is 1. The maximum absolute atomic E-state index is 12.1. The quantitative estimate of drug-likeness (QED) is 0.666. The van der Waals surface area contributed by atoms with E-state index in [0.29, 0.717) is 17.1 Å². The van der Waals surface area contributed by atoms with E-state index in [-0.39, 0.29) is 11.3 Å². The van der Waals surface area contributed by atoms with Crippen LogP contribution in [0, 0.1) is 0 Å². The van der Waals surface area contributed by atoms with Crippen molar-refractivity contribution in [2.24, 2.45) is 5.10 Å². The highest BCUT2D eigenvalue weighted by atomic mass is 16.5. The molecule has 0 heterocycles. The lowest BCUT2D eigenvalue weighted by atomic mass is 9.87. The fraction of sp³-hybridized carbons (Fsp3) is 0.300. The molecule has 2 aromatic rings. The van der Waals surface area contributed by atoms with Crippen LogP contribution in [-0.4, -0.2) is 26.3 Å². The summed E-state index contributed by atoms with van der Waals surface area (Å²) in [5.74, 6) is 0.996. The second-order valence-electron chi connectivity index (χ2n) is 6.64. The standard InChI is InChI=1S/C20H24N2O3/c1-20(2,3)16-9-7-15(8-10-16)19(23)22-21-13-14-6-11-17(24-4)18(12-14)25-5/h6-13H,1-5H3,(H,22,23)/b21-13-. The van der Waals surface area contributed by atoms with E-state index in [1.807, 2.05) is 30.3 Å². The Morgan fingerprint density at radius 3 is 2.20 bits per heavy atom. The molecular weight excluding hydrogens is 316 g/mol. The maximum Gasteiger partial charge on any atom is 0.271 e. The maximum atomic E-state index is 12.1. The van der Waals surface area contributed by atoms with Crippen molar-refractivity contribution in [1.29, 1.82) is 0 Å². The Bertz CT molecular complexity index is 760. The normalized spacial score (nSPS) is 11.4. The molecule has 0 aromatic heterocycles. The predicted molar refractivity (Wildman–Crippen MR) is 99.7 cm³/mol. The zero-order valence-corrected chi connectivity index (χ0v) is 15.3. The fourth-order valence-electron chi connectivity index (χ4n) is 2.28. The SMILES string of the molecule is COc1ccc(/C=N\NC(=O)c2ccc(C(C)(C)C)cc2)cc1OC. The van der Waals surface area contributed by atoms with Crippen LogP contribution in [0.3, 0.4) is 0 Å². The second-order valence-corrected chi connectivity index (χ2v) is 6.64. The number of hydrazone groups is 1. The Hall–Kier alpha value is -2.82. The largest absolute Gasteiger partial charge is 0.493 e. The Kier molecular flexibility index (Phi) is 5.80. The van der Waals surface area contributed by atoms with Gasteiger partial charge >= 0.3 is 0 Å². The van der Waals surface area contributed by atoms with Crippen LogP contribution in [0.2, 0.25) is 0 Å². The van der Waals surface area contributed by atoms with Crippen molar-refractivity contribution < 1.29 is 14.3 Å². The zero-order valence-electron chi connectivity index (χ0n) is 15.3. The van der Waals surface area contributed by atoms with Crippen molar-refractivity contribution in [1.82, 2.24) is 5.43 Å². The summed E-state index contributed by atoms with van der Waals surface area (Å²) < 4.78 is 10.4. The molecule has 0 aliphatic carbocycles. The topological polar surface area (TPSA) is 59.9 Å². The van der Waals surface area contributed by atoms with Gasteiger partial charge in [0, 0.05) is 5.56 Å². The first-order valence-electron chi connectivity index (χ1n) is 8.01. The monoisotopic (exact) mass is 340 g/mol. The van der Waals surface area contributed by atoms with Gasteiger partial charge < -0.3 is 9.47 Å². The van der Waals surface area contributed by atoms with Gasteiger partial charge in [-0.05, 0) is 46.9 Å². The van der Waals surface area contributed by atoms with Crippen LogP contribution < -0.4 is 14.9 Å². The molecule has 0 aliphatic heterocycles. The third-order valence-electron chi connectivity index (χ3n) is 3.80. The van der Waals surface area contributed by atoms with Crippen LogP contribution in [-0.2, 0) is 5.41 Å². The Labute approximate surface area is 148 Å². The number of carbonyl (C=O) groups excluding carboxylic acids is 1. The lowest BCUT2D eigenvalue weighted by molar-refractivity contribution is 0.0955. The van der Waals surface area contributed by atoms with Crippen LogP contribution in [0.4, 0.5) is 0 Å². The molecule has 132 valence electrons. The van der Waals surface area contributed by atoms with E-state index in [1.54, 1.807) is 32.6 Å². The highest BCUT2D eigenvalue weighted by Crippen LogP contribution is 2.26. The third-order valence-corrected chi connectivity index (χ3v) is 3.80. The second kappa shape index (κ2) is 7.83. The van der Waals surface area contributed by atoms with Crippen molar-refractivity contribution in [3.05, 3.63) is 59.2 Å². The van der Waals surface area contributed by atoms with Gasteiger partial charge in [-0.2, -0.15) is 5.10 Å². The van der Waals surface area contributed by atoms with Crippen LogP contribution in [0.15, 0.2) is 47.6 Å². The summed E-state index contributed by atoms with van der Waals surface area (Å²) in [5, 5.41) is 4.00. The van der Waals surface area contributed by atoms with Crippen molar-refractivity contribution in [2.75, 3.05) is 14.2 Å². The first-order chi connectivity index (χ1) is 11.8. The Balaban J connectivity index is 2.03. The van der Waals surface area contributed by atoms with Gasteiger partial charge in [0.15, 0.2) is 11.5 Å². The molecule has 0 saturated heterocycles. The van der Waals surface area contributed by atoms with Crippen LogP contribution in [0.5, 0.6) is 11.5 Å². The minimum atomic E-state index is -0.253. The van der Waals surface area contributed by atoms with E-state index in [0.717, 1.165) is 5.56 Å². The van der Waals surface area contributed by atoms with E-state index in [4.69, 9.17) is 9.47 Å². The van der Waals surface area contributed by atoms with Gasteiger partial charge in [0.2, 0.25) is 0 Å². The van der Waals surface area contributed by atoms with Gasteiger partial charge in [0.25, 0.3) is 5.91 Å². The molecule has 0 saturated carbocycles. The number of carbonyl (C=O) groups is 1.